The summed E-state index contributed by atoms with van der Waals surface area (Å²) in [5.74, 6) is 0. The third-order valence-corrected chi connectivity index (χ3v) is 19.8. The Morgan fingerprint density at radius 1 is 0.368 bits per heavy atom. The first kappa shape index (κ1) is 22.0. The van der Waals surface area contributed by atoms with Crippen LogP contribution in [-0.2, 0) is 0 Å². The normalized spacial score (nSPS) is 12.7. The molecule has 0 amide bonds. The summed E-state index contributed by atoms with van der Waals surface area (Å²) in [5, 5.41) is 17.3. The van der Waals surface area contributed by atoms with Gasteiger partial charge in [0.1, 0.15) is 0 Å². The summed E-state index contributed by atoms with van der Waals surface area (Å²) in [6.45, 7) is 0. The first-order valence-electron chi connectivity index (χ1n) is 12.6. The summed E-state index contributed by atoms with van der Waals surface area (Å²) in [5.41, 5.74) is 0. The predicted octanol–water partition coefficient (Wildman–Crippen LogP) is 8.29. The van der Waals surface area contributed by atoms with Crippen LogP contribution in [0.1, 0.15) is 0 Å². The number of fused-ring (bicyclic) bond motifs is 11. The molecule has 0 radical (unpaired) electrons. The van der Waals surface area contributed by atoms with E-state index < -0.39 is 0 Å². The molecule has 6 aromatic carbocycles. The van der Waals surface area contributed by atoms with Crippen molar-refractivity contribution in [2.75, 3.05) is 0 Å². The van der Waals surface area contributed by atoms with Gasteiger partial charge in [-0.25, -0.2) is 0 Å². The van der Waals surface area contributed by atoms with Gasteiger partial charge < -0.3 is 0 Å². The molecule has 0 unspecified atom stereocenters. The fourth-order valence-electron chi connectivity index (χ4n) is 6.17. The van der Waals surface area contributed by atoms with Crippen molar-refractivity contribution in [3.8, 4) is 0 Å². The maximum absolute atomic E-state index is 2.55. The summed E-state index contributed by atoms with van der Waals surface area (Å²) in [6.07, 6.45) is 0. The SMILES string of the molecule is c1cc2cc3cc4cc5[te]c6c7cc8cc9cc%10[se]ccc%10cc9cc8cc7[te]c6c5cc4cc3cc2[se]1. The van der Waals surface area contributed by atoms with E-state index in [1.54, 1.807) is 24.4 Å². The molecule has 38 heavy (non-hydrogen) atoms. The van der Waals surface area contributed by atoms with E-state index in [-0.39, 0.29) is 40.9 Å². The molecule has 0 aliphatic heterocycles. The van der Waals surface area contributed by atoms with Crippen molar-refractivity contribution in [2.24, 2.45) is 0 Å². The molecule has 4 heteroatoms. The Morgan fingerprint density at radius 2 is 0.737 bits per heavy atom. The zero-order chi connectivity index (χ0) is 24.5. The number of rotatable bonds is 0. The number of benzene rings is 6. The zero-order valence-corrected chi connectivity index (χ0v) is 28.0. The summed E-state index contributed by atoms with van der Waals surface area (Å²) in [7, 11) is 0. The Labute approximate surface area is 248 Å². The molecular formula is C34H16Se2Te2. The molecule has 0 N–H and O–H groups in total. The third kappa shape index (κ3) is 3.10. The minimum absolute atomic E-state index is 0.355. The molecular weight excluding hydrogens is 821 g/mol. The van der Waals surface area contributed by atoms with Gasteiger partial charge in [0.05, 0.1) is 0 Å². The molecule has 176 valence electrons. The van der Waals surface area contributed by atoms with E-state index in [2.05, 4.69) is 94.8 Å². The third-order valence-electron chi connectivity index (χ3n) is 8.05. The fourth-order valence-corrected chi connectivity index (χ4v) is 19.1. The molecule has 0 saturated heterocycles. The van der Waals surface area contributed by atoms with Gasteiger partial charge in [-0.15, -0.1) is 0 Å². The molecule has 0 spiro atoms. The van der Waals surface area contributed by atoms with Gasteiger partial charge in [-0.2, -0.15) is 0 Å². The van der Waals surface area contributed by atoms with E-state index in [9.17, 15) is 0 Å². The van der Waals surface area contributed by atoms with Crippen LogP contribution in [0.25, 0.3) is 86.8 Å². The number of hydrogen-bond acceptors (Lipinski definition) is 0. The van der Waals surface area contributed by atoms with Gasteiger partial charge >= 0.3 is 251 Å². The van der Waals surface area contributed by atoms with Crippen LogP contribution in [0.3, 0.4) is 0 Å². The topological polar surface area (TPSA) is 0 Å². The molecule has 4 heterocycles. The zero-order valence-electron chi connectivity index (χ0n) is 19.9. The average Bonchev–Trinajstić information content (AvgIpc) is 3.70. The first-order valence-corrected chi connectivity index (χ1v) is 21.0. The molecule has 0 aliphatic carbocycles. The van der Waals surface area contributed by atoms with Crippen molar-refractivity contribution in [1.82, 2.24) is 0 Å². The van der Waals surface area contributed by atoms with Gasteiger partial charge in [-0.1, -0.05) is 0 Å². The fraction of sp³-hybridized carbons (Fsp3) is 0. The maximum atomic E-state index is 2.55. The monoisotopic (exact) mass is 844 g/mol. The molecule has 0 aliphatic rings. The van der Waals surface area contributed by atoms with E-state index in [4.69, 9.17) is 0 Å². The van der Waals surface area contributed by atoms with E-state index in [0.29, 0.717) is 29.0 Å². The average molecular weight is 838 g/mol. The summed E-state index contributed by atoms with van der Waals surface area (Å²) in [6, 6.07) is 34.3. The van der Waals surface area contributed by atoms with Crippen molar-refractivity contribution < 1.29 is 0 Å². The molecule has 4 aromatic heterocycles. The van der Waals surface area contributed by atoms with E-state index in [0.717, 1.165) is 0 Å². The second-order valence-electron chi connectivity index (χ2n) is 10.3. The predicted molar refractivity (Wildman–Crippen MR) is 172 cm³/mol. The summed E-state index contributed by atoms with van der Waals surface area (Å²) in [4.78, 5) is 4.70. The Balaban J connectivity index is 1.24. The van der Waals surface area contributed by atoms with Crippen LogP contribution in [0.2, 0.25) is 0 Å². The Kier molecular flexibility index (Phi) is 4.56. The minimum atomic E-state index is -0.355. The molecule has 10 aromatic rings. The van der Waals surface area contributed by atoms with Crippen molar-refractivity contribution in [2.45, 2.75) is 0 Å². The Morgan fingerprint density at radius 3 is 1.21 bits per heavy atom. The molecule has 10 rings (SSSR count). The van der Waals surface area contributed by atoms with Crippen LogP contribution in [0.15, 0.2) is 94.8 Å². The van der Waals surface area contributed by atoms with E-state index >= 15 is 0 Å². The molecule has 0 nitrogen and oxygen atoms in total. The van der Waals surface area contributed by atoms with Gasteiger partial charge in [0.25, 0.3) is 0 Å². The second kappa shape index (κ2) is 7.90. The van der Waals surface area contributed by atoms with Crippen LogP contribution in [0.5, 0.6) is 0 Å². The van der Waals surface area contributed by atoms with Crippen LogP contribution in [0.4, 0.5) is 0 Å². The van der Waals surface area contributed by atoms with E-state index in [1.807, 2.05) is 0 Å². The summed E-state index contributed by atoms with van der Waals surface area (Å²) < 4.78 is 9.88. The summed E-state index contributed by atoms with van der Waals surface area (Å²) >= 11 is 0.282. The quantitative estimate of drug-likeness (QED) is 0.107. The van der Waals surface area contributed by atoms with Gasteiger partial charge in [-0.05, 0) is 0 Å². The van der Waals surface area contributed by atoms with Gasteiger partial charge in [-0.3, -0.25) is 0 Å². The van der Waals surface area contributed by atoms with Gasteiger partial charge in [0.15, 0.2) is 0 Å². The Hall–Kier alpha value is -1.80. The van der Waals surface area contributed by atoms with Crippen molar-refractivity contribution >= 4 is 157 Å². The molecule has 0 fully saturated rings. The van der Waals surface area contributed by atoms with Crippen LogP contribution < -0.4 is 0 Å². The molecule has 0 saturated carbocycles. The Bertz CT molecular complexity index is 2440. The standard InChI is InChI=1S/C34H16Se2Te2/c1-3-35-29-13-23-9-21-11-27-31(15-25(21)7-19(23)5-17(1)29)37-34-28-12-22-10-24-14-30-18(2-4-36-30)6-20(24)8-26(22)16-32(28)38-33(27)34/h1-16H. The van der Waals surface area contributed by atoms with Gasteiger partial charge in [0.2, 0.25) is 0 Å². The van der Waals surface area contributed by atoms with Crippen LogP contribution in [0, 0.1) is 0 Å². The van der Waals surface area contributed by atoms with Gasteiger partial charge in [0, 0.05) is 0 Å². The first-order chi connectivity index (χ1) is 18.7. The molecule has 0 atom stereocenters. The van der Waals surface area contributed by atoms with Crippen molar-refractivity contribution in [3.05, 3.63) is 94.8 Å². The van der Waals surface area contributed by atoms with Crippen molar-refractivity contribution in [3.63, 3.8) is 0 Å². The second-order valence-corrected chi connectivity index (χ2v) is 20.3. The van der Waals surface area contributed by atoms with Crippen LogP contribution in [-0.4, -0.2) is 69.9 Å². The number of hydrogen-bond donors (Lipinski definition) is 0. The molecule has 0 bridgehead atoms. The van der Waals surface area contributed by atoms with Crippen LogP contribution >= 0.6 is 0 Å². The van der Waals surface area contributed by atoms with E-state index in [1.165, 1.54) is 62.4 Å². The van der Waals surface area contributed by atoms with Crippen molar-refractivity contribution in [1.29, 1.82) is 0 Å².